The minimum absolute atomic E-state index is 0.509. The summed E-state index contributed by atoms with van der Waals surface area (Å²) in [6.45, 7) is 5.67. The Hall–Kier alpha value is -0.730. The molecule has 1 aromatic carbocycles. The molecular formula is C17H28ClNO. The van der Waals surface area contributed by atoms with Crippen LogP contribution in [0.3, 0.4) is 0 Å². The summed E-state index contributed by atoms with van der Waals surface area (Å²) in [6, 6.07) is 8.79. The highest BCUT2D eigenvalue weighted by atomic mass is 35.5. The van der Waals surface area contributed by atoms with Crippen LogP contribution in [0.1, 0.15) is 32.3 Å². The van der Waals surface area contributed by atoms with Gasteiger partial charge in [-0.3, -0.25) is 0 Å². The highest BCUT2D eigenvalue weighted by Crippen LogP contribution is 2.20. The van der Waals surface area contributed by atoms with Crippen LogP contribution in [0.15, 0.2) is 24.3 Å². The first-order chi connectivity index (χ1) is 9.58. The van der Waals surface area contributed by atoms with Crippen molar-refractivity contribution < 1.29 is 4.74 Å². The summed E-state index contributed by atoms with van der Waals surface area (Å²) in [5.41, 5.74) is 1.28. The molecule has 0 bridgehead atoms. The first-order valence-corrected chi connectivity index (χ1v) is 8.00. The fraction of sp³-hybridized carbons (Fsp3) is 0.647. The molecule has 0 aromatic heterocycles. The number of alkyl halides is 1. The van der Waals surface area contributed by atoms with Gasteiger partial charge in [0.1, 0.15) is 5.75 Å². The summed E-state index contributed by atoms with van der Waals surface area (Å²) in [5, 5.41) is 0. The number of hydrogen-bond acceptors (Lipinski definition) is 2. The Balaban J connectivity index is 2.46. The molecule has 0 fully saturated rings. The van der Waals surface area contributed by atoms with Crippen molar-refractivity contribution in [1.29, 1.82) is 0 Å². The molecule has 20 heavy (non-hydrogen) atoms. The fourth-order valence-electron chi connectivity index (χ4n) is 2.32. The smallest absolute Gasteiger partial charge is 0.122 e. The number of rotatable bonds is 9. The molecule has 2 unspecified atom stereocenters. The second kappa shape index (κ2) is 9.25. The van der Waals surface area contributed by atoms with E-state index in [0.29, 0.717) is 12.0 Å². The third-order valence-corrected chi connectivity index (χ3v) is 4.26. The lowest BCUT2D eigenvalue weighted by Gasteiger charge is -2.26. The van der Waals surface area contributed by atoms with Crippen LogP contribution in [0, 0.1) is 5.92 Å². The monoisotopic (exact) mass is 297 g/mol. The van der Waals surface area contributed by atoms with Crippen molar-refractivity contribution in [1.82, 2.24) is 4.90 Å². The maximum absolute atomic E-state index is 5.79. The Morgan fingerprint density at radius 1 is 1.20 bits per heavy atom. The topological polar surface area (TPSA) is 12.5 Å². The van der Waals surface area contributed by atoms with Gasteiger partial charge in [-0.05, 0) is 57.3 Å². The normalized spacial score (nSPS) is 14.3. The van der Waals surface area contributed by atoms with Gasteiger partial charge in [-0.15, -0.1) is 11.6 Å². The van der Waals surface area contributed by atoms with Crippen LogP contribution in [-0.2, 0) is 6.42 Å². The van der Waals surface area contributed by atoms with Crippen LogP contribution in [-0.4, -0.2) is 37.5 Å². The lowest BCUT2D eigenvalue weighted by Crippen LogP contribution is -2.32. The van der Waals surface area contributed by atoms with Crippen LogP contribution in [0.4, 0.5) is 0 Å². The summed E-state index contributed by atoms with van der Waals surface area (Å²) < 4.78 is 5.42. The van der Waals surface area contributed by atoms with Crippen molar-refractivity contribution in [2.24, 2.45) is 5.92 Å². The summed E-state index contributed by atoms with van der Waals surface area (Å²) in [6.07, 6.45) is 3.33. The second-order valence-corrected chi connectivity index (χ2v) is 6.10. The third-order valence-electron chi connectivity index (χ3n) is 4.04. The molecule has 0 aliphatic carbocycles. The molecular weight excluding hydrogens is 270 g/mol. The zero-order chi connectivity index (χ0) is 15.0. The molecule has 0 aliphatic heterocycles. The van der Waals surface area contributed by atoms with Crippen molar-refractivity contribution in [3.05, 3.63) is 29.8 Å². The van der Waals surface area contributed by atoms with Crippen LogP contribution in [0.2, 0.25) is 0 Å². The third kappa shape index (κ3) is 5.72. The van der Waals surface area contributed by atoms with Crippen LogP contribution >= 0.6 is 11.6 Å². The van der Waals surface area contributed by atoms with Gasteiger partial charge in [-0.25, -0.2) is 0 Å². The van der Waals surface area contributed by atoms with E-state index in [-0.39, 0.29) is 0 Å². The molecule has 0 aliphatic rings. The van der Waals surface area contributed by atoms with Gasteiger partial charge in [0.25, 0.3) is 0 Å². The van der Waals surface area contributed by atoms with E-state index >= 15 is 0 Å². The minimum atomic E-state index is 0.509. The van der Waals surface area contributed by atoms with Crippen molar-refractivity contribution in [2.45, 2.75) is 39.2 Å². The average Bonchev–Trinajstić information content (AvgIpc) is 2.45. The SMILES string of the molecule is COc1ccccc1CC(C)N(C)CCC(C)CCCl. The number of methoxy groups -OCH3 is 1. The van der Waals surface area contributed by atoms with E-state index in [4.69, 9.17) is 16.3 Å². The van der Waals surface area contributed by atoms with Gasteiger partial charge in [0.05, 0.1) is 7.11 Å². The van der Waals surface area contributed by atoms with Crippen LogP contribution in [0.25, 0.3) is 0 Å². The molecule has 0 amide bonds. The van der Waals surface area contributed by atoms with E-state index in [2.05, 4.69) is 37.9 Å². The molecule has 0 spiro atoms. The van der Waals surface area contributed by atoms with E-state index in [1.807, 2.05) is 12.1 Å². The Morgan fingerprint density at radius 3 is 2.55 bits per heavy atom. The molecule has 0 heterocycles. The van der Waals surface area contributed by atoms with Crippen molar-refractivity contribution >= 4 is 11.6 Å². The van der Waals surface area contributed by atoms with Gasteiger partial charge in [0.15, 0.2) is 0 Å². The zero-order valence-corrected chi connectivity index (χ0v) is 14.0. The van der Waals surface area contributed by atoms with Gasteiger partial charge >= 0.3 is 0 Å². The van der Waals surface area contributed by atoms with Crippen molar-refractivity contribution in [3.63, 3.8) is 0 Å². The van der Waals surface area contributed by atoms with Crippen LogP contribution < -0.4 is 4.74 Å². The highest BCUT2D eigenvalue weighted by Gasteiger charge is 2.13. The molecule has 0 saturated heterocycles. The predicted molar refractivity (Wildman–Crippen MR) is 87.9 cm³/mol. The Bertz CT molecular complexity index is 383. The van der Waals surface area contributed by atoms with Gasteiger partial charge in [-0.1, -0.05) is 25.1 Å². The summed E-state index contributed by atoms with van der Waals surface area (Å²) >= 11 is 5.79. The average molecular weight is 298 g/mol. The number of para-hydroxylation sites is 1. The van der Waals surface area contributed by atoms with E-state index < -0.39 is 0 Å². The quantitative estimate of drug-likeness (QED) is 0.633. The second-order valence-electron chi connectivity index (χ2n) is 5.72. The molecule has 3 heteroatoms. The number of nitrogens with zero attached hydrogens (tertiary/aromatic N) is 1. The summed E-state index contributed by atoms with van der Waals surface area (Å²) in [5.74, 6) is 2.46. The number of halogens is 1. The van der Waals surface area contributed by atoms with E-state index in [0.717, 1.165) is 31.0 Å². The number of ether oxygens (including phenoxy) is 1. The maximum Gasteiger partial charge on any atom is 0.122 e. The van der Waals surface area contributed by atoms with E-state index in [1.54, 1.807) is 7.11 Å². The van der Waals surface area contributed by atoms with Gasteiger partial charge in [0, 0.05) is 11.9 Å². The van der Waals surface area contributed by atoms with E-state index in [9.17, 15) is 0 Å². The molecule has 0 radical (unpaired) electrons. The lowest BCUT2D eigenvalue weighted by atomic mass is 10.0. The number of likely N-dealkylation sites (N-methyl/N-ethyl adjacent to an activating group) is 1. The Kier molecular flexibility index (Phi) is 8.01. The largest absolute Gasteiger partial charge is 0.496 e. The molecule has 2 nitrogen and oxygen atoms in total. The Labute approximate surface area is 129 Å². The molecule has 2 atom stereocenters. The highest BCUT2D eigenvalue weighted by molar-refractivity contribution is 6.17. The summed E-state index contributed by atoms with van der Waals surface area (Å²) in [7, 11) is 3.94. The van der Waals surface area contributed by atoms with Gasteiger partial charge in [0.2, 0.25) is 0 Å². The predicted octanol–water partition coefficient (Wildman–Crippen LogP) is 4.21. The van der Waals surface area contributed by atoms with Crippen molar-refractivity contribution in [2.75, 3.05) is 26.6 Å². The molecule has 1 rings (SSSR count). The van der Waals surface area contributed by atoms with E-state index in [1.165, 1.54) is 12.0 Å². The van der Waals surface area contributed by atoms with Gasteiger partial charge in [-0.2, -0.15) is 0 Å². The molecule has 0 N–H and O–H groups in total. The molecule has 114 valence electrons. The molecule has 0 saturated carbocycles. The first-order valence-electron chi connectivity index (χ1n) is 7.46. The van der Waals surface area contributed by atoms with Crippen LogP contribution in [0.5, 0.6) is 5.75 Å². The lowest BCUT2D eigenvalue weighted by molar-refractivity contribution is 0.237. The maximum atomic E-state index is 5.79. The Morgan fingerprint density at radius 2 is 1.90 bits per heavy atom. The fourth-order valence-corrected chi connectivity index (χ4v) is 2.69. The standard InChI is InChI=1S/C17H28ClNO/c1-14(9-11-18)10-12-19(3)15(2)13-16-7-5-6-8-17(16)20-4/h5-8,14-15H,9-13H2,1-4H3. The van der Waals surface area contributed by atoms with Gasteiger partial charge < -0.3 is 9.64 Å². The number of benzene rings is 1. The number of hydrogen-bond donors (Lipinski definition) is 0. The minimum Gasteiger partial charge on any atom is -0.496 e. The van der Waals surface area contributed by atoms with Crippen molar-refractivity contribution in [3.8, 4) is 5.75 Å². The zero-order valence-electron chi connectivity index (χ0n) is 13.2. The molecule has 1 aromatic rings. The summed E-state index contributed by atoms with van der Waals surface area (Å²) in [4.78, 5) is 2.43. The first kappa shape index (κ1) is 17.3.